The van der Waals surface area contributed by atoms with Crippen molar-refractivity contribution >= 4 is 23.4 Å². The Morgan fingerprint density at radius 1 is 0.929 bits per heavy atom. The summed E-state index contributed by atoms with van der Waals surface area (Å²) in [7, 11) is 1.32. The second-order valence-electron chi connectivity index (χ2n) is 6.23. The van der Waals surface area contributed by atoms with Gasteiger partial charge in [-0.3, -0.25) is 4.79 Å². The van der Waals surface area contributed by atoms with Crippen molar-refractivity contribution in [2.75, 3.05) is 17.7 Å². The van der Waals surface area contributed by atoms with Crippen LogP contribution in [0.2, 0.25) is 0 Å². The molecule has 0 aliphatic heterocycles. The fourth-order valence-electron chi connectivity index (χ4n) is 2.67. The summed E-state index contributed by atoms with van der Waals surface area (Å²) in [5.74, 6) is -0.00814. The zero-order valence-electron chi connectivity index (χ0n) is 15.7. The summed E-state index contributed by atoms with van der Waals surface area (Å²) in [4.78, 5) is 28.1. The monoisotopic (exact) mass is 375 g/mol. The molecule has 0 radical (unpaired) electrons. The lowest BCUT2D eigenvalue weighted by Gasteiger charge is -2.15. The van der Waals surface area contributed by atoms with Crippen LogP contribution in [0, 0.1) is 0 Å². The van der Waals surface area contributed by atoms with Gasteiger partial charge in [-0.05, 0) is 48.9 Å². The van der Waals surface area contributed by atoms with E-state index >= 15 is 0 Å². The molecule has 1 atom stereocenters. The van der Waals surface area contributed by atoms with E-state index in [-0.39, 0.29) is 11.9 Å². The van der Waals surface area contributed by atoms with E-state index in [9.17, 15) is 9.59 Å². The minimum atomic E-state index is -0.421. The number of nitrogens with zero attached hydrogens (tertiary/aromatic N) is 1. The molecule has 0 bridgehead atoms. The zero-order valence-corrected chi connectivity index (χ0v) is 15.7. The molecule has 28 heavy (non-hydrogen) atoms. The van der Waals surface area contributed by atoms with Gasteiger partial charge in [0.15, 0.2) is 0 Å². The highest BCUT2D eigenvalue weighted by molar-refractivity contribution is 6.04. The van der Waals surface area contributed by atoms with Gasteiger partial charge in [-0.15, -0.1) is 0 Å². The molecule has 3 rings (SSSR count). The first-order valence-electron chi connectivity index (χ1n) is 8.84. The lowest BCUT2D eigenvalue weighted by atomic mass is 10.1. The van der Waals surface area contributed by atoms with E-state index in [0.717, 1.165) is 5.56 Å². The van der Waals surface area contributed by atoms with Crippen LogP contribution in [0.4, 0.5) is 11.5 Å². The minimum Gasteiger partial charge on any atom is -0.465 e. The molecule has 0 saturated carbocycles. The summed E-state index contributed by atoms with van der Waals surface area (Å²) in [6.45, 7) is 2.05. The van der Waals surface area contributed by atoms with Crippen LogP contribution in [0.15, 0.2) is 72.9 Å². The van der Waals surface area contributed by atoms with Crippen molar-refractivity contribution in [2.24, 2.45) is 0 Å². The second kappa shape index (κ2) is 8.81. The summed E-state index contributed by atoms with van der Waals surface area (Å²) in [6, 6.07) is 20.1. The highest BCUT2D eigenvalue weighted by atomic mass is 16.5. The van der Waals surface area contributed by atoms with E-state index in [2.05, 4.69) is 27.3 Å². The van der Waals surface area contributed by atoms with Gasteiger partial charge in [-0.1, -0.05) is 30.3 Å². The Kier molecular flexibility index (Phi) is 6.01. The zero-order chi connectivity index (χ0) is 19.9. The summed E-state index contributed by atoms with van der Waals surface area (Å²) in [5, 5.41) is 6.09. The van der Waals surface area contributed by atoms with Gasteiger partial charge in [0.25, 0.3) is 5.91 Å². The number of ether oxygens (including phenoxy) is 1. The van der Waals surface area contributed by atoms with E-state index < -0.39 is 5.97 Å². The number of methoxy groups -OCH3 is 1. The van der Waals surface area contributed by atoms with Crippen LogP contribution in [-0.2, 0) is 4.74 Å². The minimum absolute atomic E-state index is 0.0988. The number of hydrogen-bond acceptors (Lipinski definition) is 5. The van der Waals surface area contributed by atoms with Crippen LogP contribution in [0.1, 0.15) is 39.2 Å². The molecule has 0 saturated heterocycles. The SMILES string of the molecule is COC(=O)c1ccc(NC(=O)c2ccc(NC(C)c3ccccc3)nc2)cc1. The first-order valence-corrected chi connectivity index (χ1v) is 8.84. The van der Waals surface area contributed by atoms with Crippen LogP contribution in [-0.4, -0.2) is 24.0 Å². The van der Waals surface area contributed by atoms with Gasteiger partial charge < -0.3 is 15.4 Å². The van der Waals surface area contributed by atoms with Gasteiger partial charge in [-0.2, -0.15) is 0 Å². The first-order chi connectivity index (χ1) is 13.6. The topological polar surface area (TPSA) is 80.3 Å². The molecule has 1 aromatic heterocycles. The van der Waals surface area contributed by atoms with Crippen molar-refractivity contribution in [3.63, 3.8) is 0 Å². The molecule has 0 fully saturated rings. The molecular weight excluding hydrogens is 354 g/mol. The fraction of sp³-hybridized carbons (Fsp3) is 0.136. The molecule has 1 heterocycles. The molecule has 0 aliphatic carbocycles. The number of hydrogen-bond donors (Lipinski definition) is 2. The molecule has 0 spiro atoms. The van der Waals surface area contributed by atoms with Crippen molar-refractivity contribution in [3.8, 4) is 0 Å². The average Bonchev–Trinajstić information content (AvgIpc) is 2.74. The lowest BCUT2D eigenvalue weighted by molar-refractivity contribution is 0.0600. The highest BCUT2D eigenvalue weighted by Gasteiger charge is 2.10. The number of pyridine rings is 1. The number of carbonyl (C=O) groups excluding carboxylic acids is 2. The predicted molar refractivity (Wildman–Crippen MR) is 108 cm³/mol. The number of rotatable bonds is 6. The van der Waals surface area contributed by atoms with Gasteiger partial charge in [-0.25, -0.2) is 9.78 Å². The van der Waals surface area contributed by atoms with Gasteiger partial charge in [0.1, 0.15) is 5.82 Å². The maximum Gasteiger partial charge on any atom is 0.337 e. The molecule has 3 aromatic rings. The van der Waals surface area contributed by atoms with Crippen molar-refractivity contribution in [2.45, 2.75) is 13.0 Å². The number of nitrogens with one attached hydrogen (secondary N) is 2. The standard InChI is InChI=1S/C22H21N3O3/c1-15(16-6-4-3-5-7-16)24-20-13-10-18(14-23-20)21(26)25-19-11-8-17(9-12-19)22(27)28-2/h3-15H,1-2H3,(H,23,24)(H,25,26). The maximum absolute atomic E-state index is 12.4. The third kappa shape index (κ3) is 4.73. The van der Waals surface area contributed by atoms with Crippen LogP contribution >= 0.6 is 0 Å². The Hall–Kier alpha value is -3.67. The smallest absolute Gasteiger partial charge is 0.337 e. The van der Waals surface area contributed by atoms with E-state index in [1.54, 1.807) is 36.4 Å². The summed E-state index contributed by atoms with van der Waals surface area (Å²) in [5.41, 5.74) is 2.60. The largest absolute Gasteiger partial charge is 0.465 e. The average molecular weight is 375 g/mol. The Bertz CT molecular complexity index is 939. The van der Waals surface area contributed by atoms with Gasteiger partial charge in [0.2, 0.25) is 0 Å². The van der Waals surface area contributed by atoms with Crippen LogP contribution < -0.4 is 10.6 Å². The maximum atomic E-state index is 12.4. The highest BCUT2D eigenvalue weighted by Crippen LogP contribution is 2.18. The Labute approximate surface area is 163 Å². The van der Waals surface area contributed by atoms with E-state index in [1.165, 1.54) is 13.3 Å². The third-order valence-electron chi connectivity index (χ3n) is 4.25. The number of carbonyl (C=O) groups is 2. The van der Waals surface area contributed by atoms with Crippen molar-refractivity contribution in [1.82, 2.24) is 4.98 Å². The number of amides is 1. The third-order valence-corrected chi connectivity index (χ3v) is 4.25. The Balaban J connectivity index is 1.61. The van der Waals surface area contributed by atoms with Crippen LogP contribution in [0.25, 0.3) is 0 Å². The first kappa shape index (κ1) is 19.1. The Morgan fingerprint density at radius 3 is 2.21 bits per heavy atom. The number of benzene rings is 2. The molecular formula is C22H21N3O3. The van der Waals surface area contributed by atoms with E-state index in [1.807, 2.05) is 30.3 Å². The van der Waals surface area contributed by atoms with Gasteiger partial charge in [0.05, 0.1) is 18.2 Å². The molecule has 2 aromatic carbocycles. The summed E-state index contributed by atoms with van der Waals surface area (Å²) < 4.78 is 4.65. The normalized spacial score (nSPS) is 11.4. The molecule has 142 valence electrons. The van der Waals surface area contributed by atoms with Crippen LogP contribution in [0.3, 0.4) is 0 Å². The molecule has 1 amide bonds. The van der Waals surface area contributed by atoms with Crippen molar-refractivity contribution < 1.29 is 14.3 Å². The van der Waals surface area contributed by atoms with Crippen molar-refractivity contribution in [1.29, 1.82) is 0 Å². The predicted octanol–water partition coefficient (Wildman–Crippen LogP) is 4.29. The molecule has 1 unspecified atom stereocenters. The molecule has 6 nitrogen and oxygen atoms in total. The summed E-state index contributed by atoms with van der Waals surface area (Å²) in [6.07, 6.45) is 1.53. The molecule has 0 aliphatic rings. The van der Waals surface area contributed by atoms with Crippen molar-refractivity contribution in [3.05, 3.63) is 89.6 Å². The number of aromatic nitrogens is 1. The fourth-order valence-corrected chi connectivity index (χ4v) is 2.67. The van der Waals surface area contributed by atoms with Gasteiger partial charge in [0, 0.05) is 17.9 Å². The lowest BCUT2D eigenvalue weighted by Crippen LogP contribution is -2.13. The van der Waals surface area contributed by atoms with E-state index in [4.69, 9.17) is 0 Å². The van der Waals surface area contributed by atoms with E-state index in [0.29, 0.717) is 22.6 Å². The Morgan fingerprint density at radius 2 is 1.61 bits per heavy atom. The summed E-state index contributed by atoms with van der Waals surface area (Å²) >= 11 is 0. The second-order valence-corrected chi connectivity index (χ2v) is 6.23. The molecule has 6 heteroatoms. The molecule has 2 N–H and O–H groups in total. The van der Waals surface area contributed by atoms with Crippen LogP contribution in [0.5, 0.6) is 0 Å². The number of anilines is 2. The van der Waals surface area contributed by atoms with Gasteiger partial charge >= 0.3 is 5.97 Å². The quantitative estimate of drug-likeness (QED) is 0.628. The number of esters is 1.